The fourth-order valence-corrected chi connectivity index (χ4v) is 5.13. The summed E-state index contributed by atoms with van der Waals surface area (Å²) in [4.78, 5) is 13.1. The molecule has 0 aromatic carbocycles. The van der Waals surface area contributed by atoms with Crippen LogP contribution in [-0.2, 0) is 9.53 Å². The zero-order valence-electron chi connectivity index (χ0n) is 22.7. The molecule has 0 aromatic heterocycles. The van der Waals surface area contributed by atoms with Crippen LogP contribution in [0.1, 0.15) is 151 Å². The molecule has 0 fully saturated rings. The van der Waals surface area contributed by atoms with Gasteiger partial charge in [-0.2, -0.15) is 12.6 Å². The van der Waals surface area contributed by atoms with E-state index >= 15 is 0 Å². The van der Waals surface area contributed by atoms with E-state index in [-0.39, 0.29) is 16.6 Å². The fourth-order valence-electron chi connectivity index (χ4n) is 4.58. The van der Waals surface area contributed by atoms with Gasteiger partial charge in [0, 0.05) is 4.75 Å². The van der Waals surface area contributed by atoms with Gasteiger partial charge in [0.25, 0.3) is 0 Å². The number of carbonyl (C=O) groups excluding carboxylic acids is 1. The maximum atomic E-state index is 13.1. The SMILES string of the molecule is CCCCOC(=O)C(CCCC)C(S)(CCCCCCC(C)C)CCCCCCC(C)C. The first-order valence-electron chi connectivity index (χ1n) is 14.2. The summed E-state index contributed by atoms with van der Waals surface area (Å²) >= 11 is 5.29. The Kier molecular flexibility index (Phi) is 20.1. The van der Waals surface area contributed by atoms with E-state index in [9.17, 15) is 4.79 Å². The Labute approximate surface area is 207 Å². The van der Waals surface area contributed by atoms with E-state index < -0.39 is 0 Å². The number of carbonyl (C=O) groups is 1. The van der Waals surface area contributed by atoms with Crippen molar-refractivity contribution in [2.75, 3.05) is 6.61 Å². The molecule has 0 spiro atoms. The van der Waals surface area contributed by atoms with Crippen molar-refractivity contribution < 1.29 is 9.53 Å². The molecule has 0 aliphatic carbocycles. The Bertz CT molecular complexity index is 413. The van der Waals surface area contributed by atoms with Crippen molar-refractivity contribution in [3.63, 3.8) is 0 Å². The Morgan fingerprint density at radius 1 is 0.688 bits per heavy atom. The van der Waals surface area contributed by atoms with Crippen LogP contribution in [0.3, 0.4) is 0 Å². The van der Waals surface area contributed by atoms with Crippen molar-refractivity contribution in [3.8, 4) is 0 Å². The lowest BCUT2D eigenvalue weighted by Gasteiger charge is -2.36. The molecule has 0 saturated heterocycles. The van der Waals surface area contributed by atoms with E-state index in [1.54, 1.807) is 0 Å². The van der Waals surface area contributed by atoms with Crippen LogP contribution in [0.25, 0.3) is 0 Å². The first kappa shape index (κ1) is 31.8. The zero-order chi connectivity index (χ0) is 24.2. The van der Waals surface area contributed by atoms with Crippen molar-refractivity contribution in [1.82, 2.24) is 0 Å². The number of rotatable bonds is 22. The van der Waals surface area contributed by atoms with Gasteiger partial charge >= 0.3 is 5.97 Å². The molecule has 0 amide bonds. The van der Waals surface area contributed by atoms with Gasteiger partial charge in [0.05, 0.1) is 12.5 Å². The summed E-state index contributed by atoms with van der Waals surface area (Å²) in [5, 5.41) is 0. The van der Waals surface area contributed by atoms with Crippen molar-refractivity contribution in [3.05, 3.63) is 0 Å². The third-order valence-corrected chi connectivity index (χ3v) is 7.56. The Morgan fingerprint density at radius 3 is 1.59 bits per heavy atom. The molecule has 0 N–H and O–H groups in total. The van der Waals surface area contributed by atoms with E-state index in [1.807, 2.05) is 0 Å². The van der Waals surface area contributed by atoms with Crippen molar-refractivity contribution in [1.29, 1.82) is 0 Å². The number of ether oxygens (including phenoxy) is 1. The van der Waals surface area contributed by atoms with Crippen molar-refractivity contribution in [2.24, 2.45) is 17.8 Å². The largest absolute Gasteiger partial charge is 0.465 e. The van der Waals surface area contributed by atoms with Crippen LogP contribution in [0.4, 0.5) is 0 Å². The van der Waals surface area contributed by atoms with Gasteiger partial charge in [-0.05, 0) is 37.5 Å². The molecule has 0 radical (unpaired) electrons. The van der Waals surface area contributed by atoms with E-state index in [2.05, 4.69) is 41.5 Å². The fraction of sp³-hybridized carbons (Fsp3) is 0.966. The molecule has 0 heterocycles. The molecule has 1 atom stereocenters. The molecule has 1 unspecified atom stereocenters. The van der Waals surface area contributed by atoms with Gasteiger partial charge in [-0.25, -0.2) is 0 Å². The highest BCUT2D eigenvalue weighted by molar-refractivity contribution is 7.81. The third-order valence-electron chi connectivity index (χ3n) is 6.80. The molecule has 0 bridgehead atoms. The minimum atomic E-state index is -0.214. The summed E-state index contributed by atoms with van der Waals surface area (Å²) in [6, 6.07) is 0. The summed E-state index contributed by atoms with van der Waals surface area (Å²) in [7, 11) is 0. The second-order valence-corrected chi connectivity index (χ2v) is 11.9. The number of unbranched alkanes of at least 4 members (excludes halogenated alkanes) is 8. The van der Waals surface area contributed by atoms with Crippen LogP contribution in [0, 0.1) is 17.8 Å². The highest BCUT2D eigenvalue weighted by Gasteiger charge is 2.39. The van der Waals surface area contributed by atoms with Crippen molar-refractivity contribution in [2.45, 2.75) is 155 Å². The Hall–Kier alpha value is -0.180. The highest BCUT2D eigenvalue weighted by Crippen LogP contribution is 2.40. The lowest BCUT2D eigenvalue weighted by Crippen LogP contribution is -2.39. The summed E-state index contributed by atoms with van der Waals surface area (Å²) in [6.45, 7) is 14.1. The molecule has 0 aliphatic heterocycles. The first-order valence-corrected chi connectivity index (χ1v) is 14.6. The molecular formula is C29H58O2S. The number of hydrogen-bond acceptors (Lipinski definition) is 3. The average Bonchev–Trinajstić information content (AvgIpc) is 2.73. The van der Waals surface area contributed by atoms with E-state index in [0.29, 0.717) is 6.61 Å². The molecule has 2 nitrogen and oxygen atoms in total. The predicted octanol–water partition coefficient (Wildman–Crippen LogP) is 9.80. The maximum absolute atomic E-state index is 13.1. The van der Waals surface area contributed by atoms with Gasteiger partial charge in [-0.3, -0.25) is 4.79 Å². The smallest absolute Gasteiger partial charge is 0.310 e. The van der Waals surface area contributed by atoms with Crippen LogP contribution >= 0.6 is 12.6 Å². The second kappa shape index (κ2) is 20.2. The first-order chi connectivity index (χ1) is 15.3. The van der Waals surface area contributed by atoms with Crippen LogP contribution in [0.5, 0.6) is 0 Å². The van der Waals surface area contributed by atoms with E-state index in [1.165, 1.54) is 64.2 Å². The average molecular weight is 471 g/mol. The number of esters is 1. The van der Waals surface area contributed by atoms with Gasteiger partial charge in [0.15, 0.2) is 0 Å². The van der Waals surface area contributed by atoms with E-state index in [0.717, 1.165) is 56.8 Å². The van der Waals surface area contributed by atoms with Crippen LogP contribution < -0.4 is 0 Å². The standard InChI is InChI=1S/C29H58O2S/c1-7-9-21-27(28(30)31-24-10-8-2)29(32,22-17-13-11-15-19-25(3)4)23-18-14-12-16-20-26(5)6/h25-27,32H,7-24H2,1-6H3. The number of thiol groups is 1. The molecule has 3 heteroatoms. The van der Waals surface area contributed by atoms with E-state index in [4.69, 9.17) is 17.4 Å². The second-order valence-electron chi connectivity index (χ2n) is 11.0. The van der Waals surface area contributed by atoms with Crippen LogP contribution in [0.15, 0.2) is 0 Å². The summed E-state index contributed by atoms with van der Waals surface area (Å²) in [5.74, 6) is 1.55. The lowest BCUT2D eigenvalue weighted by molar-refractivity contribution is -0.150. The minimum Gasteiger partial charge on any atom is -0.465 e. The highest BCUT2D eigenvalue weighted by atomic mass is 32.1. The zero-order valence-corrected chi connectivity index (χ0v) is 23.6. The summed E-state index contributed by atoms with van der Waals surface area (Å²) in [6.07, 6.45) is 20.0. The maximum Gasteiger partial charge on any atom is 0.310 e. The van der Waals surface area contributed by atoms with Gasteiger partial charge in [0.2, 0.25) is 0 Å². The Morgan fingerprint density at radius 2 is 1.16 bits per heavy atom. The topological polar surface area (TPSA) is 26.3 Å². The molecule has 0 aromatic rings. The minimum absolute atomic E-state index is 0.0153. The van der Waals surface area contributed by atoms with Gasteiger partial charge in [-0.1, -0.05) is 125 Å². The van der Waals surface area contributed by atoms with Crippen LogP contribution in [0.2, 0.25) is 0 Å². The number of hydrogen-bond donors (Lipinski definition) is 1. The monoisotopic (exact) mass is 470 g/mol. The molecule has 0 saturated carbocycles. The molecule has 0 rings (SSSR count). The van der Waals surface area contributed by atoms with Gasteiger partial charge in [0.1, 0.15) is 0 Å². The summed E-state index contributed by atoms with van der Waals surface area (Å²) in [5.41, 5.74) is 0. The molecule has 192 valence electrons. The summed E-state index contributed by atoms with van der Waals surface area (Å²) < 4.78 is 5.53. The lowest BCUT2D eigenvalue weighted by atomic mass is 9.79. The van der Waals surface area contributed by atoms with Gasteiger partial charge < -0.3 is 4.74 Å². The van der Waals surface area contributed by atoms with Gasteiger partial charge in [-0.15, -0.1) is 0 Å². The quantitative estimate of drug-likeness (QED) is 0.0967. The van der Waals surface area contributed by atoms with Crippen molar-refractivity contribution >= 4 is 18.6 Å². The normalized spacial score (nSPS) is 13.2. The molecule has 32 heavy (non-hydrogen) atoms. The molecule has 0 aliphatic rings. The Balaban J connectivity index is 4.96. The van der Waals surface area contributed by atoms with Crippen LogP contribution in [-0.4, -0.2) is 17.3 Å². The third kappa shape index (κ3) is 16.4. The molecular weight excluding hydrogens is 412 g/mol. The predicted molar refractivity (Wildman–Crippen MR) is 146 cm³/mol.